The van der Waals surface area contributed by atoms with E-state index in [-0.39, 0.29) is 11.2 Å². The van der Waals surface area contributed by atoms with Gasteiger partial charge in [-0.15, -0.1) is 5.26 Å². The Morgan fingerprint density at radius 1 is 1.04 bits per heavy atom. The van der Waals surface area contributed by atoms with E-state index in [1.165, 1.54) is 6.26 Å². The minimum absolute atomic E-state index is 0.151. The van der Waals surface area contributed by atoms with E-state index >= 15 is 0 Å². The standard InChI is InChI=1S/C10H12OS.C8H5NOS.C3H4O2/c1-8(2)11-10(12)9-6-4-3-5-7-9;9-6-10-8(11)7-4-2-1-3-5-7;1-2-3(4)5/h3-8H,1-2H3;1-5H;2H,1H2,(H,4,5). The molecule has 146 valence electrons. The Morgan fingerprint density at radius 2 is 1.43 bits per heavy atom. The molecule has 0 amide bonds. The first-order chi connectivity index (χ1) is 13.3. The summed E-state index contributed by atoms with van der Waals surface area (Å²) in [5, 5.41) is 16.5. The van der Waals surface area contributed by atoms with E-state index in [2.05, 4.69) is 11.3 Å². The smallest absolute Gasteiger partial charge is 0.327 e. The highest BCUT2D eigenvalue weighted by atomic mass is 32.1. The molecule has 7 heteroatoms. The molecule has 0 aliphatic carbocycles. The molecule has 5 nitrogen and oxygen atoms in total. The number of ether oxygens (including phenoxy) is 2. The van der Waals surface area contributed by atoms with Crippen molar-refractivity contribution in [1.82, 2.24) is 0 Å². The summed E-state index contributed by atoms with van der Waals surface area (Å²) in [6.07, 6.45) is 2.51. The fraction of sp³-hybridized carbons (Fsp3) is 0.143. The molecule has 28 heavy (non-hydrogen) atoms. The molecule has 0 spiro atoms. The molecular formula is C21H21NO4S2. The predicted octanol–water partition coefficient (Wildman–Crippen LogP) is 4.90. The van der Waals surface area contributed by atoms with E-state index < -0.39 is 5.97 Å². The number of aliphatic carboxylic acids is 1. The number of carboxylic acids is 1. The van der Waals surface area contributed by atoms with Gasteiger partial charge in [-0.3, -0.25) is 0 Å². The molecule has 0 unspecified atom stereocenters. The van der Waals surface area contributed by atoms with Crippen LogP contribution in [0.1, 0.15) is 25.0 Å². The number of benzene rings is 2. The van der Waals surface area contributed by atoms with Crippen molar-refractivity contribution >= 4 is 40.5 Å². The van der Waals surface area contributed by atoms with Crippen molar-refractivity contribution in [1.29, 1.82) is 5.26 Å². The molecule has 0 aliphatic rings. The Bertz CT molecular complexity index is 800. The van der Waals surface area contributed by atoms with Crippen LogP contribution in [0.3, 0.4) is 0 Å². The second-order valence-corrected chi connectivity index (χ2v) is 5.95. The Balaban J connectivity index is 0.000000424. The number of rotatable bonds is 4. The summed E-state index contributed by atoms with van der Waals surface area (Å²) in [6.45, 7) is 6.90. The van der Waals surface area contributed by atoms with Crippen molar-refractivity contribution in [3.8, 4) is 6.26 Å². The van der Waals surface area contributed by atoms with Crippen LogP contribution in [0.4, 0.5) is 0 Å². The molecular weight excluding hydrogens is 394 g/mol. The van der Waals surface area contributed by atoms with Gasteiger partial charge in [-0.25, -0.2) is 4.79 Å². The van der Waals surface area contributed by atoms with Gasteiger partial charge in [0, 0.05) is 17.2 Å². The zero-order valence-electron chi connectivity index (χ0n) is 15.6. The predicted molar refractivity (Wildman–Crippen MR) is 117 cm³/mol. The fourth-order valence-corrected chi connectivity index (χ4v) is 2.03. The average molecular weight is 416 g/mol. The zero-order chi connectivity index (χ0) is 21.4. The van der Waals surface area contributed by atoms with Gasteiger partial charge in [0.2, 0.25) is 5.05 Å². The molecule has 0 bridgehead atoms. The van der Waals surface area contributed by atoms with Crippen LogP contribution < -0.4 is 0 Å². The lowest BCUT2D eigenvalue weighted by molar-refractivity contribution is -0.131. The number of carboxylic acid groups (broad SMARTS) is 1. The highest BCUT2D eigenvalue weighted by Gasteiger charge is 2.02. The lowest BCUT2D eigenvalue weighted by Gasteiger charge is -2.09. The summed E-state index contributed by atoms with van der Waals surface area (Å²) in [7, 11) is 0. The largest absolute Gasteiger partial charge is 0.480 e. The fourth-order valence-electron chi connectivity index (χ4n) is 1.53. The second-order valence-electron chi connectivity index (χ2n) is 5.21. The minimum Gasteiger partial charge on any atom is -0.480 e. The summed E-state index contributed by atoms with van der Waals surface area (Å²) in [4.78, 5) is 9.25. The van der Waals surface area contributed by atoms with Crippen molar-refractivity contribution in [3.63, 3.8) is 0 Å². The lowest BCUT2D eigenvalue weighted by Crippen LogP contribution is -2.10. The quantitative estimate of drug-likeness (QED) is 0.432. The SMILES string of the molecule is C=CC(=O)O.CC(C)OC(=S)c1ccccc1.N#COC(=S)c1ccccc1. The third kappa shape index (κ3) is 12.3. The maximum absolute atomic E-state index is 9.25. The first-order valence-electron chi connectivity index (χ1n) is 8.08. The van der Waals surface area contributed by atoms with Gasteiger partial charge in [0.15, 0.2) is 5.05 Å². The maximum atomic E-state index is 9.25. The number of carbonyl (C=O) groups is 1. The molecule has 0 saturated carbocycles. The van der Waals surface area contributed by atoms with Crippen LogP contribution in [0.25, 0.3) is 0 Å². The van der Waals surface area contributed by atoms with Gasteiger partial charge in [0.25, 0.3) is 6.26 Å². The summed E-state index contributed by atoms with van der Waals surface area (Å²) in [5.74, 6) is -0.981. The molecule has 0 radical (unpaired) electrons. The van der Waals surface area contributed by atoms with Gasteiger partial charge < -0.3 is 14.6 Å². The van der Waals surface area contributed by atoms with Crippen LogP contribution >= 0.6 is 24.4 Å². The van der Waals surface area contributed by atoms with Crippen LogP contribution in [0.2, 0.25) is 0 Å². The van der Waals surface area contributed by atoms with E-state index in [9.17, 15) is 4.79 Å². The Labute approximate surface area is 175 Å². The third-order valence-electron chi connectivity index (χ3n) is 2.67. The Kier molecular flexibility index (Phi) is 13.4. The molecule has 0 aromatic heterocycles. The van der Waals surface area contributed by atoms with Gasteiger partial charge >= 0.3 is 5.97 Å². The van der Waals surface area contributed by atoms with Crippen molar-refractivity contribution in [2.24, 2.45) is 0 Å². The molecule has 2 aromatic carbocycles. The van der Waals surface area contributed by atoms with Crippen molar-refractivity contribution < 1.29 is 19.4 Å². The molecule has 2 rings (SSSR count). The normalized spacial score (nSPS) is 8.64. The summed E-state index contributed by atoms with van der Waals surface area (Å²) < 4.78 is 9.83. The summed E-state index contributed by atoms with van der Waals surface area (Å²) in [6, 6.07) is 18.9. The number of thiocarbonyl (C=S) groups is 2. The third-order valence-corrected chi connectivity index (χ3v) is 3.33. The van der Waals surface area contributed by atoms with Crippen LogP contribution in [0.15, 0.2) is 73.3 Å². The number of nitriles is 1. The molecule has 0 atom stereocenters. The highest BCUT2D eigenvalue weighted by Crippen LogP contribution is 2.04. The second kappa shape index (κ2) is 15.0. The molecule has 0 fully saturated rings. The van der Waals surface area contributed by atoms with Crippen molar-refractivity contribution in [2.75, 3.05) is 0 Å². The van der Waals surface area contributed by atoms with Crippen LogP contribution in [0.5, 0.6) is 0 Å². The molecule has 1 N–H and O–H groups in total. The average Bonchev–Trinajstić information content (AvgIpc) is 2.70. The summed E-state index contributed by atoms with van der Waals surface area (Å²) >= 11 is 9.85. The van der Waals surface area contributed by atoms with E-state index in [1.807, 2.05) is 62.4 Å². The number of hydrogen-bond donors (Lipinski definition) is 1. The lowest BCUT2D eigenvalue weighted by atomic mass is 10.2. The van der Waals surface area contributed by atoms with Gasteiger partial charge in [-0.1, -0.05) is 67.2 Å². The topological polar surface area (TPSA) is 79.5 Å². The number of nitrogens with zero attached hydrogens (tertiary/aromatic N) is 1. The van der Waals surface area contributed by atoms with Gasteiger partial charge in [-0.2, -0.15) is 0 Å². The zero-order valence-corrected chi connectivity index (χ0v) is 17.2. The molecule has 0 aliphatic heterocycles. The van der Waals surface area contributed by atoms with Crippen molar-refractivity contribution in [3.05, 3.63) is 84.4 Å². The van der Waals surface area contributed by atoms with Gasteiger partial charge in [-0.05, 0) is 38.3 Å². The Hall–Kier alpha value is -3.08. The molecule has 0 heterocycles. The Morgan fingerprint density at radius 3 is 1.75 bits per heavy atom. The highest BCUT2D eigenvalue weighted by molar-refractivity contribution is 7.80. The first kappa shape index (κ1) is 24.9. The van der Waals surface area contributed by atoms with Crippen LogP contribution in [0, 0.1) is 11.5 Å². The summed E-state index contributed by atoms with van der Waals surface area (Å²) in [5.41, 5.74) is 1.73. The minimum atomic E-state index is -0.981. The van der Waals surface area contributed by atoms with Gasteiger partial charge in [0.05, 0.1) is 6.10 Å². The number of hydrogen-bond acceptors (Lipinski definition) is 6. The van der Waals surface area contributed by atoms with E-state index in [1.54, 1.807) is 12.1 Å². The van der Waals surface area contributed by atoms with E-state index in [4.69, 9.17) is 39.5 Å². The van der Waals surface area contributed by atoms with Crippen LogP contribution in [-0.4, -0.2) is 27.3 Å². The molecule has 2 aromatic rings. The maximum Gasteiger partial charge on any atom is 0.327 e. The van der Waals surface area contributed by atoms with Gasteiger partial charge in [0.1, 0.15) is 0 Å². The van der Waals surface area contributed by atoms with Crippen LogP contribution in [-0.2, 0) is 14.3 Å². The van der Waals surface area contributed by atoms with E-state index in [0.717, 1.165) is 17.2 Å². The first-order valence-corrected chi connectivity index (χ1v) is 8.90. The van der Waals surface area contributed by atoms with Crippen molar-refractivity contribution in [2.45, 2.75) is 20.0 Å². The molecule has 0 saturated heterocycles. The monoisotopic (exact) mass is 415 g/mol. The van der Waals surface area contributed by atoms with E-state index in [0.29, 0.717) is 5.05 Å².